The van der Waals surface area contributed by atoms with Gasteiger partial charge in [0.15, 0.2) is 0 Å². The molecule has 0 radical (unpaired) electrons. The van der Waals surface area contributed by atoms with Gasteiger partial charge in [0.2, 0.25) is 0 Å². The minimum atomic E-state index is -0.231. The van der Waals surface area contributed by atoms with Crippen molar-refractivity contribution in [2.75, 3.05) is 11.9 Å². The van der Waals surface area contributed by atoms with E-state index in [1.165, 1.54) is 12.1 Å². The Bertz CT molecular complexity index is 567. The fraction of sp³-hybridized carbons (Fsp3) is 0.200. The van der Waals surface area contributed by atoms with Crippen LogP contribution in [0, 0.1) is 5.82 Å². The third-order valence-electron chi connectivity index (χ3n) is 3.08. The second kappa shape index (κ2) is 5.72. The van der Waals surface area contributed by atoms with Gasteiger partial charge in [-0.3, -0.25) is 0 Å². The topological polar surface area (TPSA) is 29.3 Å². The van der Waals surface area contributed by atoms with Crippen LogP contribution in [0.15, 0.2) is 46.9 Å². The number of hydrogen-bond donors (Lipinski definition) is 1. The summed E-state index contributed by atoms with van der Waals surface area (Å²) in [4.78, 5) is 2.00. The minimum Gasteiger partial charge on any atom is -0.345 e. The molecule has 0 spiro atoms. The predicted molar refractivity (Wildman–Crippen MR) is 81.2 cm³/mol. The van der Waals surface area contributed by atoms with Gasteiger partial charge in [0.05, 0.1) is 0 Å². The maximum atomic E-state index is 12.9. The van der Waals surface area contributed by atoms with Crippen LogP contribution in [0.5, 0.6) is 0 Å². The number of halogens is 2. The van der Waals surface area contributed by atoms with E-state index in [4.69, 9.17) is 5.73 Å². The molecule has 19 heavy (non-hydrogen) atoms. The summed E-state index contributed by atoms with van der Waals surface area (Å²) in [7, 11) is 1.94. The molecule has 0 aromatic heterocycles. The third-order valence-corrected chi connectivity index (χ3v) is 3.76. The average molecular weight is 323 g/mol. The van der Waals surface area contributed by atoms with Gasteiger partial charge < -0.3 is 10.6 Å². The average Bonchev–Trinajstić information content (AvgIpc) is 2.38. The van der Waals surface area contributed by atoms with E-state index in [1.807, 2.05) is 37.1 Å². The van der Waals surface area contributed by atoms with E-state index in [2.05, 4.69) is 15.9 Å². The second-order valence-electron chi connectivity index (χ2n) is 4.53. The first-order valence-electron chi connectivity index (χ1n) is 6.03. The van der Waals surface area contributed by atoms with Crippen molar-refractivity contribution in [2.45, 2.75) is 13.0 Å². The number of nitrogens with zero attached hydrogens (tertiary/aromatic N) is 1. The Hall–Kier alpha value is -1.39. The van der Waals surface area contributed by atoms with Crippen molar-refractivity contribution in [1.82, 2.24) is 0 Å². The van der Waals surface area contributed by atoms with Crippen molar-refractivity contribution in [2.24, 2.45) is 5.73 Å². The van der Waals surface area contributed by atoms with Gasteiger partial charge in [-0.1, -0.05) is 22.0 Å². The summed E-state index contributed by atoms with van der Waals surface area (Å²) in [6.07, 6.45) is 0. The van der Waals surface area contributed by atoms with Crippen LogP contribution in [0.3, 0.4) is 0 Å². The number of anilines is 2. The first-order valence-corrected chi connectivity index (χ1v) is 6.82. The highest BCUT2D eigenvalue weighted by Crippen LogP contribution is 2.30. The Labute approximate surface area is 121 Å². The van der Waals surface area contributed by atoms with Crippen molar-refractivity contribution < 1.29 is 4.39 Å². The molecule has 2 aromatic carbocycles. The zero-order valence-corrected chi connectivity index (χ0v) is 12.5. The molecule has 0 saturated carbocycles. The number of nitrogens with two attached hydrogens (primary N) is 1. The zero-order valence-electron chi connectivity index (χ0n) is 10.9. The van der Waals surface area contributed by atoms with Gasteiger partial charge in [-0.25, -0.2) is 4.39 Å². The molecule has 0 aliphatic heterocycles. The van der Waals surface area contributed by atoms with Crippen LogP contribution in [-0.4, -0.2) is 7.05 Å². The first-order chi connectivity index (χ1) is 8.99. The van der Waals surface area contributed by atoms with Gasteiger partial charge in [-0.2, -0.15) is 0 Å². The predicted octanol–water partition coefficient (Wildman–Crippen LogP) is 4.38. The molecule has 2 rings (SSSR count). The van der Waals surface area contributed by atoms with Crippen molar-refractivity contribution in [3.8, 4) is 0 Å². The Morgan fingerprint density at radius 3 is 2.21 bits per heavy atom. The van der Waals surface area contributed by atoms with E-state index in [1.54, 1.807) is 12.1 Å². The van der Waals surface area contributed by atoms with Crippen LogP contribution in [0.2, 0.25) is 0 Å². The molecular weight excluding hydrogens is 307 g/mol. The highest BCUT2D eigenvalue weighted by atomic mass is 79.9. The fourth-order valence-corrected chi connectivity index (χ4v) is 2.64. The van der Waals surface area contributed by atoms with Gasteiger partial charge in [-0.15, -0.1) is 0 Å². The van der Waals surface area contributed by atoms with Crippen LogP contribution in [-0.2, 0) is 0 Å². The Morgan fingerprint density at radius 2 is 1.68 bits per heavy atom. The Kier molecular flexibility index (Phi) is 4.22. The maximum Gasteiger partial charge on any atom is 0.123 e. The molecule has 0 fully saturated rings. The molecule has 0 aliphatic rings. The van der Waals surface area contributed by atoms with Crippen LogP contribution >= 0.6 is 15.9 Å². The summed E-state index contributed by atoms with van der Waals surface area (Å²) in [5.41, 5.74) is 8.90. The molecule has 1 atom stereocenters. The summed E-state index contributed by atoms with van der Waals surface area (Å²) in [6, 6.07) is 12.4. The molecule has 0 amide bonds. The quantitative estimate of drug-likeness (QED) is 0.908. The van der Waals surface area contributed by atoms with Crippen molar-refractivity contribution >= 4 is 27.3 Å². The van der Waals surface area contributed by atoms with Gasteiger partial charge in [0.25, 0.3) is 0 Å². The lowest BCUT2D eigenvalue weighted by Gasteiger charge is -2.21. The molecule has 100 valence electrons. The summed E-state index contributed by atoms with van der Waals surface area (Å²) >= 11 is 3.53. The normalized spacial score (nSPS) is 12.3. The number of rotatable bonds is 3. The Morgan fingerprint density at radius 1 is 1.11 bits per heavy atom. The molecule has 0 heterocycles. The van der Waals surface area contributed by atoms with E-state index in [9.17, 15) is 4.39 Å². The van der Waals surface area contributed by atoms with E-state index in [0.29, 0.717) is 0 Å². The maximum absolute atomic E-state index is 12.9. The molecule has 2 N–H and O–H groups in total. The van der Waals surface area contributed by atoms with Crippen molar-refractivity contribution in [3.05, 3.63) is 58.3 Å². The Balaban J connectivity index is 2.31. The lowest BCUT2D eigenvalue weighted by atomic mass is 10.1. The standard InChI is InChI=1S/C15H16BrFN2/c1-10(18)14-8-7-13(9-15(14)16)19(2)12-5-3-11(17)4-6-12/h3-10H,18H2,1-2H3. The molecule has 0 saturated heterocycles. The molecule has 0 bridgehead atoms. The zero-order chi connectivity index (χ0) is 14.0. The van der Waals surface area contributed by atoms with E-state index in [0.717, 1.165) is 21.4 Å². The monoisotopic (exact) mass is 322 g/mol. The number of benzene rings is 2. The van der Waals surface area contributed by atoms with Gasteiger partial charge in [0.1, 0.15) is 5.82 Å². The van der Waals surface area contributed by atoms with Crippen LogP contribution in [0.25, 0.3) is 0 Å². The first kappa shape index (κ1) is 14.0. The SMILES string of the molecule is CC(N)c1ccc(N(C)c2ccc(F)cc2)cc1Br. The number of hydrogen-bond acceptors (Lipinski definition) is 2. The summed E-state index contributed by atoms with van der Waals surface area (Å²) < 4.78 is 13.9. The van der Waals surface area contributed by atoms with Gasteiger partial charge in [0, 0.05) is 28.9 Å². The summed E-state index contributed by atoms with van der Waals surface area (Å²) in [5.74, 6) is -0.231. The molecule has 2 aromatic rings. The highest BCUT2D eigenvalue weighted by Gasteiger charge is 2.09. The molecule has 2 nitrogen and oxygen atoms in total. The minimum absolute atomic E-state index is 0.0143. The summed E-state index contributed by atoms with van der Waals surface area (Å²) in [5, 5.41) is 0. The largest absolute Gasteiger partial charge is 0.345 e. The van der Waals surface area contributed by atoms with E-state index < -0.39 is 0 Å². The summed E-state index contributed by atoms with van der Waals surface area (Å²) in [6.45, 7) is 1.95. The lowest BCUT2D eigenvalue weighted by molar-refractivity contribution is 0.628. The van der Waals surface area contributed by atoms with Gasteiger partial charge >= 0.3 is 0 Å². The molecule has 0 aliphatic carbocycles. The lowest BCUT2D eigenvalue weighted by Crippen LogP contribution is -2.11. The smallest absolute Gasteiger partial charge is 0.123 e. The molecule has 4 heteroatoms. The highest BCUT2D eigenvalue weighted by molar-refractivity contribution is 9.10. The molecular formula is C15H16BrFN2. The fourth-order valence-electron chi connectivity index (χ4n) is 1.91. The van der Waals surface area contributed by atoms with E-state index >= 15 is 0 Å². The second-order valence-corrected chi connectivity index (χ2v) is 5.38. The van der Waals surface area contributed by atoms with Gasteiger partial charge in [-0.05, 0) is 48.9 Å². The van der Waals surface area contributed by atoms with Crippen LogP contribution in [0.1, 0.15) is 18.5 Å². The van der Waals surface area contributed by atoms with Crippen molar-refractivity contribution in [3.63, 3.8) is 0 Å². The van der Waals surface area contributed by atoms with Crippen molar-refractivity contribution in [1.29, 1.82) is 0 Å². The van der Waals surface area contributed by atoms with Crippen LogP contribution < -0.4 is 10.6 Å². The third kappa shape index (κ3) is 3.14. The molecule has 1 unspecified atom stereocenters. The van der Waals surface area contributed by atoms with Crippen LogP contribution in [0.4, 0.5) is 15.8 Å². The van der Waals surface area contributed by atoms with E-state index in [-0.39, 0.29) is 11.9 Å².